The predicted octanol–water partition coefficient (Wildman–Crippen LogP) is 2.86. The first kappa shape index (κ1) is 25.1. The highest BCUT2D eigenvalue weighted by molar-refractivity contribution is 5.94. The average Bonchev–Trinajstić information content (AvgIpc) is 2.95. The maximum absolute atomic E-state index is 13.2. The Balaban J connectivity index is 1.29. The SMILES string of the molecule is COc1cc2[nH]c(=O)n(Cc3ccc(C(=O)N4CCN(c5ccc(F)cc5)CC4)cc3)c(=O)c2cc1OC. The van der Waals surface area contributed by atoms with Gasteiger partial charge in [-0.3, -0.25) is 14.2 Å². The molecule has 0 bridgehead atoms. The van der Waals surface area contributed by atoms with E-state index in [0.717, 1.165) is 10.3 Å². The number of anilines is 1. The zero-order valence-corrected chi connectivity index (χ0v) is 21.1. The van der Waals surface area contributed by atoms with Crippen LogP contribution in [0.3, 0.4) is 0 Å². The van der Waals surface area contributed by atoms with Crippen LogP contribution in [0.15, 0.2) is 70.3 Å². The molecule has 2 heterocycles. The highest BCUT2D eigenvalue weighted by atomic mass is 19.1. The molecule has 5 rings (SSSR count). The fraction of sp³-hybridized carbons (Fsp3) is 0.250. The van der Waals surface area contributed by atoms with Crippen LogP contribution in [0, 0.1) is 5.82 Å². The van der Waals surface area contributed by atoms with E-state index in [1.165, 1.54) is 26.4 Å². The third kappa shape index (κ3) is 4.84. The number of H-pyrrole nitrogens is 1. The molecule has 0 unspecified atom stereocenters. The summed E-state index contributed by atoms with van der Waals surface area (Å²) in [7, 11) is 2.95. The van der Waals surface area contributed by atoms with Gasteiger partial charge in [-0.2, -0.15) is 0 Å². The number of rotatable bonds is 6. The summed E-state index contributed by atoms with van der Waals surface area (Å²) in [6.07, 6.45) is 0. The van der Waals surface area contributed by atoms with Crippen molar-refractivity contribution in [3.63, 3.8) is 0 Å². The molecule has 1 aliphatic heterocycles. The average molecular weight is 519 g/mol. The van der Waals surface area contributed by atoms with Crippen LogP contribution in [0.25, 0.3) is 10.9 Å². The Kier molecular flexibility index (Phi) is 6.87. The van der Waals surface area contributed by atoms with E-state index in [0.29, 0.717) is 59.7 Å². The number of piperazine rings is 1. The number of hydrogen-bond donors (Lipinski definition) is 1. The van der Waals surface area contributed by atoms with E-state index in [2.05, 4.69) is 9.88 Å². The van der Waals surface area contributed by atoms with Crippen molar-refractivity contribution < 1.29 is 18.7 Å². The predicted molar refractivity (Wildman–Crippen MR) is 142 cm³/mol. The van der Waals surface area contributed by atoms with Gasteiger partial charge in [-0.1, -0.05) is 12.1 Å². The van der Waals surface area contributed by atoms with Gasteiger partial charge in [0.2, 0.25) is 0 Å². The molecule has 10 heteroatoms. The van der Waals surface area contributed by atoms with Crippen molar-refractivity contribution in [2.24, 2.45) is 0 Å². The van der Waals surface area contributed by atoms with E-state index in [1.54, 1.807) is 53.4 Å². The summed E-state index contributed by atoms with van der Waals surface area (Å²) in [4.78, 5) is 45.5. The van der Waals surface area contributed by atoms with E-state index in [-0.39, 0.29) is 18.3 Å². The van der Waals surface area contributed by atoms with Crippen LogP contribution in [-0.2, 0) is 6.54 Å². The molecule has 1 amide bonds. The number of fused-ring (bicyclic) bond motifs is 1. The van der Waals surface area contributed by atoms with Gasteiger partial charge in [0.05, 0.1) is 31.7 Å². The van der Waals surface area contributed by atoms with Gasteiger partial charge in [0.1, 0.15) is 5.82 Å². The number of halogens is 1. The number of hydrogen-bond acceptors (Lipinski definition) is 6. The molecule has 1 aromatic heterocycles. The molecular formula is C28H27FN4O5. The lowest BCUT2D eigenvalue weighted by Crippen LogP contribution is -2.48. The largest absolute Gasteiger partial charge is 0.493 e. The molecule has 0 atom stereocenters. The lowest BCUT2D eigenvalue weighted by molar-refractivity contribution is 0.0747. The molecule has 3 aromatic carbocycles. The second-order valence-corrected chi connectivity index (χ2v) is 9.03. The van der Waals surface area contributed by atoms with Gasteiger partial charge in [0.15, 0.2) is 11.5 Å². The summed E-state index contributed by atoms with van der Waals surface area (Å²) in [6.45, 7) is 2.45. The number of carbonyl (C=O) groups excluding carboxylic acids is 1. The topological polar surface area (TPSA) is 96.9 Å². The Morgan fingerprint density at radius 1 is 0.895 bits per heavy atom. The van der Waals surface area contributed by atoms with Gasteiger partial charge in [-0.15, -0.1) is 0 Å². The lowest BCUT2D eigenvalue weighted by atomic mass is 10.1. The molecule has 1 aliphatic rings. The monoisotopic (exact) mass is 518 g/mol. The number of ether oxygens (including phenoxy) is 2. The summed E-state index contributed by atoms with van der Waals surface area (Å²) >= 11 is 0. The fourth-order valence-corrected chi connectivity index (χ4v) is 4.66. The van der Waals surface area contributed by atoms with Crippen molar-refractivity contribution in [2.45, 2.75) is 6.54 Å². The number of nitrogens with zero attached hydrogens (tertiary/aromatic N) is 3. The molecule has 4 aromatic rings. The highest BCUT2D eigenvalue weighted by Gasteiger charge is 2.22. The maximum Gasteiger partial charge on any atom is 0.329 e. The number of methoxy groups -OCH3 is 2. The third-order valence-corrected chi connectivity index (χ3v) is 6.79. The Hall–Kier alpha value is -4.60. The van der Waals surface area contributed by atoms with Gasteiger partial charge in [-0.05, 0) is 48.0 Å². The minimum absolute atomic E-state index is 0.0449. The first-order valence-electron chi connectivity index (χ1n) is 12.2. The van der Waals surface area contributed by atoms with Crippen LogP contribution in [0.4, 0.5) is 10.1 Å². The quantitative estimate of drug-likeness (QED) is 0.422. The van der Waals surface area contributed by atoms with E-state index >= 15 is 0 Å². The van der Waals surface area contributed by atoms with Crippen molar-refractivity contribution in [1.29, 1.82) is 0 Å². The van der Waals surface area contributed by atoms with Crippen LogP contribution >= 0.6 is 0 Å². The zero-order valence-electron chi connectivity index (χ0n) is 21.1. The van der Waals surface area contributed by atoms with Crippen LogP contribution in [0.1, 0.15) is 15.9 Å². The van der Waals surface area contributed by atoms with Crippen molar-refractivity contribution in [3.05, 3.63) is 98.4 Å². The summed E-state index contributed by atoms with van der Waals surface area (Å²) in [5.74, 6) is 0.432. The Bertz CT molecular complexity index is 1590. The number of nitrogens with one attached hydrogen (secondary N) is 1. The molecule has 0 aliphatic carbocycles. The number of aromatic nitrogens is 2. The molecular weight excluding hydrogens is 491 g/mol. The second-order valence-electron chi connectivity index (χ2n) is 9.03. The maximum atomic E-state index is 13.2. The first-order chi connectivity index (χ1) is 18.4. The van der Waals surface area contributed by atoms with Crippen LogP contribution in [0.2, 0.25) is 0 Å². The normalized spacial score (nSPS) is 13.6. The van der Waals surface area contributed by atoms with Crippen molar-refractivity contribution in [1.82, 2.24) is 14.5 Å². The van der Waals surface area contributed by atoms with Gasteiger partial charge >= 0.3 is 5.69 Å². The molecule has 9 nitrogen and oxygen atoms in total. The summed E-state index contributed by atoms with van der Waals surface area (Å²) < 4.78 is 24.9. The molecule has 0 radical (unpaired) electrons. The lowest BCUT2D eigenvalue weighted by Gasteiger charge is -2.36. The van der Waals surface area contributed by atoms with Crippen LogP contribution < -0.4 is 25.6 Å². The smallest absolute Gasteiger partial charge is 0.329 e. The third-order valence-electron chi connectivity index (χ3n) is 6.79. The minimum Gasteiger partial charge on any atom is -0.493 e. The van der Waals surface area contributed by atoms with E-state index in [4.69, 9.17) is 9.47 Å². The van der Waals surface area contributed by atoms with Crippen molar-refractivity contribution in [2.75, 3.05) is 45.3 Å². The molecule has 0 saturated carbocycles. The molecule has 196 valence electrons. The standard InChI is InChI=1S/C28H27FN4O5/c1-37-24-15-22-23(16-25(24)38-2)30-28(36)33(27(22)35)17-18-3-5-19(6-4-18)26(34)32-13-11-31(12-14-32)21-9-7-20(29)8-10-21/h3-10,15-16H,11-14,17H2,1-2H3,(H,30,36). The van der Waals surface area contributed by atoms with Gasteiger partial charge in [0.25, 0.3) is 11.5 Å². The van der Waals surface area contributed by atoms with Gasteiger partial charge < -0.3 is 24.3 Å². The van der Waals surface area contributed by atoms with Gasteiger partial charge in [0, 0.05) is 43.5 Å². The Morgan fingerprint density at radius 3 is 2.16 bits per heavy atom. The summed E-state index contributed by atoms with van der Waals surface area (Å²) in [5, 5.41) is 0.300. The van der Waals surface area contributed by atoms with Gasteiger partial charge in [-0.25, -0.2) is 9.18 Å². The fourth-order valence-electron chi connectivity index (χ4n) is 4.66. The number of carbonyl (C=O) groups is 1. The first-order valence-corrected chi connectivity index (χ1v) is 12.2. The zero-order chi connectivity index (χ0) is 26.8. The molecule has 38 heavy (non-hydrogen) atoms. The summed E-state index contributed by atoms with van der Waals surface area (Å²) in [5.41, 5.74) is 1.52. The Morgan fingerprint density at radius 2 is 1.53 bits per heavy atom. The second kappa shape index (κ2) is 10.4. The molecule has 1 fully saturated rings. The Labute approximate surface area is 217 Å². The molecule has 1 N–H and O–H groups in total. The van der Waals surface area contributed by atoms with Crippen molar-refractivity contribution >= 4 is 22.5 Å². The number of benzene rings is 3. The van der Waals surface area contributed by atoms with E-state index in [1.807, 2.05) is 0 Å². The summed E-state index contributed by atoms with van der Waals surface area (Å²) in [6, 6.07) is 16.3. The van der Waals surface area contributed by atoms with Crippen molar-refractivity contribution in [3.8, 4) is 11.5 Å². The highest BCUT2D eigenvalue weighted by Crippen LogP contribution is 2.29. The van der Waals surface area contributed by atoms with E-state index < -0.39 is 11.2 Å². The number of aromatic amines is 1. The number of amides is 1. The van der Waals surface area contributed by atoms with Crippen LogP contribution in [0.5, 0.6) is 11.5 Å². The van der Waals surface area contributed by atoms with E-state index in [9.17, 15) is 18.8 Å². The molecule has 0 spiro atoms. The minimum atomic E-state index is -0.547. The molecule has 1 saturated heterocycles. The van der Waals surface area contributed by atoms with Crippen LogP contribution in [-0.4, -0.2) is 60.8 Å².